The zero-order chi connectivity index (χ0) is 15.7. The van der Waals surface area contributed by atoms with Gasteiger partial charge in [0.15, 0.2) is 12.2 Å². The summed E-state index contributed by atoms with van der Waals surface area (Å²) in [5.74, 6) is -0.785. The minimum Gasteiger partial charge on any atom is -0.457 e. The average Bonchev–Trinajstić information content (AvgIpc) is 3.03. The lowest BCUT2D eigenvalue weighted by atomic mass is 10.1. The molecule has 2 aliphatic rings. The van der Waals surface area contributed by atoms with E-state index >= 15 is 0 Å². The highest BCUT2D eigenvalue weighted by atomic mass is 16.7. The van der Waals surface area contributed by atoms with Crippen LogP contribution in [0.2, 0.25) is 0 Å². The van der Waals surface area contributed by atoms with Crippen molar-refractivity contribution in [1.82, 2.24) is 0 Å². The molecule has 4 atom stereocenters. The molecular formula is C16H18O6. The van der Waals surface area contributed by atoms with E-state index in [1.807, 2.05) is 19.1 Å². The SMILES string of the molecule is CC(=O)O[C@H]1COC2C1OC[C@@H]2OC(=O)c1ccc(C)cc1. The van der Waals surface area contributed by atoms with E-state index in [2.05, 4.69) is 0 Å². The number of ether oxygens (including phenoxy) is 4. The highest BCUT2D eigenvalue weighted by Gasteiger charge is 2.51. The van der Waals surface area contributed by atoms with Gasteiger partial charge in [0, 0.05) is 6.92 Å². The van der Waals surface area contributed by atoms with Crippen molar-refractivity contribution in [3.8, 4) is 0 Å². The number of hydrogen-bond donors (Lipinski definition) is 0. The fraction of sp³-hybridized carbons (Fsp3) is 0.500. The number of hydrogen-bond acceptors (Lipinski definition) is 6. The zero-order valence-electron chi connectivity index (χ0n) is 12.5. The van der Waals surface area contributed by atoms with E-state index in [0.29, 0.717) is 5.56 Å². The van der Waals surface area contributed by atoms with Crippen molar-refractivity contribution in [2.75, 3.05) is 13.2 Å². The van der Waals surface area contributed by atoms with Crippen molar-refractivity contribution < 1.29 is 28.5 Å². The van der Waals surface area contributed by atoms with Crippen molar-refractivity contribution >= 4 is 11.9 Å². The molecule has 1 aromatic rings. The Morgan fingerprint density at radius 3 is 2.09 bits per heavy atom. The van der Waals surface area contributed by atoms with Crippen molar-refractivity contribution in [2.24, 2.45) is 0 Å². The van der Waals surface area contributed by atoms with Crippen LogP contribution in [-0.2, 0) is 23.7 Å². The number of aryl methyl sites for hydroxylation is 1. The molecule has 2 aliphatic heterocycles. The zero-order valence-corrected chi connectivity index (χ0v) is 12.5. The van der Waals surface area contributed by atoms with Crippen molar-refractivity contribution in [3.63, 3.8) is 0 Å². The average molecular weight is 306 g/mol. The first kappa shape index (κ1) is 15.0. The molecule has 3 rings (SSSR count). The Balaban J connectivity index is 1.61. The fourth-order valence-corrected chi connectivity index (χ4v) is 2.74. The molecule has 6 nitrogen and oxygen atoms in total. The van der Waals surface area contributed by atoms with Crippen LogP contribution in [0, 0.1) is 6.92 Å². The summed E-state index contributed by atoms with van der Waals surface area (Å²) in [6.45, 7) is 3.79. The Labute approximate surface area is 128 Å². The number of carbonyl (C=O) groups is 2. The van der Waals surface area contributed by atoms with Gasteiger partial charge >= 0.3 is 11.9 Å². The van der Waals surface area contributed by atoms with E-state index in [-0.39, 0.29) is 25.3 Å². The quantitative estimate of drug-likeness (QED) is 0.783. The molecule has 2 saturated heterocycles. The second-order valence-corrected chi connectivity index (χ2v) is 5.55. The first-order chi connectivity index (χ1) is 10.5. The third-order valence-corrected chi connectivity index (χ3v) is 3.83. The van der Waals surface area contributed by atoms with Crippen LogP contribution in [0.3, 0.4) is 0 Å². The lowest BCUT2D eigenvalue weighted by Crippen LogP contribution is -2.35. The molecule has 2 heterocycles. The summed E-state index contributed by atoms with van der Waals surface area (Å²) in [4.78, 5) is 23.2. The van der Waals surface area contributed by atoms with Gasteiger partial charge in [-0.2, -0.15) is 0 Å². The Hall–Kier alpha value is -1.92. The van der Waals surface area contributed by atoms with Crippen LogP contribution < -0.4 is 0 Å². The second kappa shape index (κ2) is 6.06. The van der Waals surface area contributed by atoms with Crippen LogP contribution in [0.1, 0.15) is 22.8 Å². The smallest absolute Gasteiger partial charge is 0.338 e. The standard InChI is InChI=1S/C16H18O6/c1-9-3-5-11(6-4-9)16(18)22-13-8-20-14-12(21-10(2)17)7-19-15(13)14/h3-6,12-15H,7-8H2,1-2H3/t12-,13-,14?,15?/m0/s1. The Bertz CT molecular complexity index is 567. The van der Waals surface area contributed by atoms with Gasteiger partial charge in [0.25, 0.3) is 0 Å². The largest absolute Gasteiger partial charge is 0.457 e. The molecule has 0 N–H and O–H groups in total. The van der Waals surface area contributed by atoms with Gasteiger partial charge in [-0.05, 0) is 19.1 Å². The Morgan fingerprint density at radius 2 is 1.55 bits per heavy atom. The maximum atomic E-state index is 12.1. The highest BCUT2D eigenvalue weighted by molar-refractivity contribution is 5.89. The number of fused-ring (bicyclic) bond motifs is 1. The highest BCUT2D eigenvalue weighted by Crippen LogP contribution is 2.31. The normalized spacial score (nSPS) is 29.9. The summed E-state index contributed by atoms with van der Waals surface area (Å²) in [6, 6.07) is 7.16. The summed E-state index contributed by atoms with van der Waals surface area (Å²) in [5.41, 5.74) is 1.56. The van der Waals surface area contributed by atoms with Crippen LogP contribution in [0.15, 0.2) is 24.3 Å². The summed E-state index contributed by atoms with van der Waals surface area (Å²) >= 11 is 0. The van der Waals surface area contributed by atoms with E-state index in [0.717, 1.165) is 5.56 Å². The van der Waals surface area contributed by atoms with Gasteiger partial charge in [-0.25, -0.2) is 4.79 Å². The molecule has 2 fully saturated rings. The third kappa shape index (κ3) is 2.98. The van der Waals surface area contributed by atoms with Gasteiger partial charge < -0.3 is 18.9 Å². The fourth-order valence-electron chi connectivity index (χ4n) is 2.74. The lowest BCUT2D eigenvalue weighted by molar-refractivity contribution is -0.151. The summed E-state index contributed by atoms with van der Waals surface area (Å²) < 4.78 is 21.8. The van der Waals surface area contributed by atoms with Crippen LogP contribution in [0.25, 0.3) is 0 Å². The third-order valence-electron chi connectivity index (χ3n) is 3.83. The predicted molar refractivity (Wildman–Crippen MR) is 75.4 cm³/mol. The minimum atomic E-state index is -0.487. The summed E-state index contributed by atoms with van der Waals surface area (Å²) in [5, 5.41) is 0. The number of esters is 2. The van der Waals surface area contributed by atoms with E-state index in [1.165, 1.54) is 6.92 Å². The molecule has 1 aromatic carbocycles. The monoisotopic (exact) mass is 306 g/mol. The van der Waals surface area contributed by atoms with Gasteiger partial charge in [0.2, 0.25) is 0 Å². The lowest BCUT2D eigenvalue weighted by Gasteiger charge is -2.17. The summed E-state index contributed by atoms with van der Waals surface area (Å²) in [7, 11) is 0. The van der Waals surface area contributed by atoms with Crippen LogP contribution in [0.5, 0.6) is 0 Å². The molecule has 0 radical (unpaired) electrons. The van der Waals surface area contributed by atoms with Crippen molar-refractivity contribution in [1.29, 1.82) is 0 Å². The minimum absolute atomic E-state index is 0.241. The molecule has 0 saturated carbocycles. The van der Waals surface area contributed by atoms with Crippen molar-refractivity contribution in [3.05, 3.63) is 35.4 Å². The number of rotatable bonds is 3. The first-order valence-electron chi connectivity index (χ1n) is 7.22. The number of benzene rings is 1. The molecule has 0 spiro atoms. The van der Waals surface area contributed by atoms with Crippen LogP contribution >= 0.6 is 0 Å². The molecule has 0 aliphatic carbocycles. The Kier molecular flexibility index (Phi) is 4.13. The van der Waals surface area contributed by atoms with E-state index < -0.39 is 24.3 Å². The van der Waals surface area contributed by atoms with Gasteiger partial charge in [-0.3, -0.25) is 4.79 Å². The van der Waals surface area contributed by atoms with Crippen molar-refractivity contribution in [2.45, 2.75) is 38.3 Å². The van der Waals surface area contributed by atoms with E-state index in [9.17, 15) is 9.59 Å². The Morgan fingerprint density at radius 1 is 1.00 bits per heavy atom. The molecule has 6 heteroatoms. The molecule has 0 bridgehead atoms. The van der Waals surface area contributed by atoms with E-state index in [1.54, 1.807) is 12.1 Å². The maximum absolute atomic E-state index is 12.1. The summed E-state index contributed by atoms with van der Waals surface area (Å²) in [6.07, 6.45) is -1.69. The predicted octanol–water partition coefficient (Wildman–Crippen LogP) is 1.25. The first-order valence-corrected chi connectivity index (χ1v) is 7.22. The molecule has 2 unspecified atom stereocenters. The molecule has 118 valence electrons. The molecule has 22 heavy (non-hydrogen) atoms. The molecular weight excluding hydrogens is 288 g/mol. The van der Waals surface area contributed by atoms with Gasteiger partial charge in [0.05, 0.1) is 18.8 Å². The van der Waals surface area contributed by atoms with Crippen LogP contribution in [-0.4, -0.2) is 49.6 Å². The van der Waals surface area contributed by atoms with Gasteiger partial charge in [-0.1, -0.05) is 17.7 Å². The number of carbonyl (C=O) groups excluding carboxylic acids is 2. The van der Waals surface area contributed by atoms with Crippen LogP contribution in [0.4, 0.5) is 0 Å². The molecule has 0 amide bonds. The van der Waals surface area contributed by atoms with E-state index in [4.69, 9.17) is 18.9 Å². The second-order valence-electron chi connectivity index (χ2n) is 5.55. The topological polar surface area (TPSA) is 71.1 Å². The molecule has 0 aromatic heterocycles. The maximum Gasteiger partial charge on any atom is 0.338 e. The van der Waals surface area contributed by atoms with Gasteiger partial charge in [0.1, 0.15) is 12.2 Å². The van der Waals surface area contributed by atoms with Gasteiger partial charge in [-0.15, -0.1) is 0 Å².